The second-order valence-corrected chi connectivity index (χ2v) is 10.4. The van der Waals surface area contributed by atoms with E-state index < -0.39 is 35.8 Å². The van der Waals surface area contributed by atoms with Crippen LogP contribution in [-0.4, -0.2) is 66.0 Å². The predicted molar refractivity (Wildman–Crippen MR) is 154 cm³/mol. The molecule has 1 saturated carbocycles. The second-order valence-electron chi connectivity index (χ2n) is 10.4. The van der Waals surface area contributed by atoms with Crippen molar-refractivity contribution in [1.82, 2.24) is 25.9 Å². The van der Waals surface area contributed by atoms with Crippen LogP contribution in [0.1, 0.15) is 42.5 Å². The Morgan fingerprint density at radius 3 is 2.36 bits per heavy atom. The molecule has 4 rings (SSSR count). The van der Waals surface area contributed by atoms with Crippen LogP contribution in [0.15, 0.2) is 73.2 Å². The van der Waals surface area contributed by atoms with E-state index in [0.29, 0.717) is 12.2 Å². The van der Waals surface area contributed by atoms with Crippen LogP contribution in [0.5, 0.6) is 0 Å². The van der Waals surface area contributed by atoms with Crippen LogP contribution in [0, 0.1) is 0 Å². The molecule has 2 atom stereocenters. The number of aromatic amines is 1. The molecule has 1 unspecified atom stereocenters. The van der Waals surface area contributed by atoms with E-state index in [1.54, 1.807) is 0 Å². The Kier molecular flexibility index (Phi) is 10.8. The lowest BCUT2D eigenvalue weighted by atomic mass is 9.64. The van der Waals surface area contributed by atoms with E-state index >= 15 is 0 Å². The lowest BCUT2D eigenvalue weighted by molar-refractivity contribution is -0.141. The van der Waals surface area contributed by atoms with E-state index in [0.717, 1.165) is 30.4 Å². The predicted octanol–water partition coefficient (Wildman–Crippen LogP) is 2.58. The van der Waals surface area contributed by atoms with Gasteiger partial charge in [0.05, 0.1) is 25.9 Å². The number of imidazole rings is 1. The van der Waals surface area contributed by atoms with Crippen molar-refractivity contribution in [2.75, 3.05) is 20.2 Å². The number of carbonyl (C=O) groups excluding carboxylic acids is 4. The summed E-state index contributed by atoms with van der Waals surface area (Å²) in [5.74, 6) is -1.60. The number of H-pyrrole nitrogens is 1. The molecule has 2 aromatic carbocycles. The summed E-state index contributed by atoms with van der Waals surface area (Å²) in [6.45, 7) is 0.395. The number of ketones is 1. The smallest absolute Gasteiger partial charge is 0.408 e. The van der Waals surface area contributed by atoms with Gasteiger partial charge in [0.1, 0.15) is 12.6 Å². The summed E-state index contributed by atoms with van der Waals surface area (Å²) in [5.41, 5.74) is 2.31. The normalized spacial score (nSPS) is 15.0. The molecule has 1 aromatic heterocycles. The number of hydrogen-bond acceptors (Lipinski definition) is 8. The number of benzene rings is 2. The maximum atomic E-state index is 13.9. The number of rotatable bonds is 15. The minimum absolute atomic E-state index is 0.0144. The molecule has 222 valence electrons. The minimum atomic E-state index is -1.34. The number of hydrogen-bond donors (Lipinski definition) is 4. The van der Waals surface area contributed by atoms with E-state index in [1.807, 2.05) is 60.7 Å². The van der Waals surface area contributed by atoms with Gasteiger partial charge in [-0.05, 0) is 24.0 Å². The maximum absolute atomic E-state index is 13.9. The van der Waals surface area contributed by atoms with Crippen molar-refractivity contribution in [2.24, 2.45) is 0 Å². The average molecular weight is 576 g/mol. The minimum Gasteiger partial charge on any atom is -0.469 e. The molecule has 0 bridgehead atoms. The molecule has 3 aromatic rings. The quantitative estimate of drug-likeness (QED) is 0.159. The number of carbonyl (C=O) groups is 4. The number of esters is 1. The van der Waals surface area contributed by atoms with Gasteiger partial charge in [0, 0.05) is 36.8 Å². The number of Topliss-reactive ketones (excluding diaryl/α,β-unsaturated/α-hetero) is 1. The third kappa shape index (κ3) is 8.26. The Morgan fingerprint density at radius 2 is 1.74 bits per heavy atom. The van der Waals surface area contributed by atoms with Crippen molar-refractivity contribution in [3.8, 4) is 0 Å². The van der Waals surface area contributed by atoms with Gasteiger partial charge < -0.3 is 25.1 Å². The van der Waals surface area contributed by atoms with Crippen LogP contribution in [0.3, 0.4) is 0 Å². The van der Waals surface area contributed by atoms with Gasteiger partial charge in [0.2, 0.25) is 5.91 Å². The van der Waals surface area contributed by atoms with E-state index in [9.17, 15) is 19.2 Å². The maximum Gasteiger partial charge on any atom is 0.408 e. The summed E-state index contributed by atoms with van der Waals surface area (Å²) >= 11 is 0. The summed E-state index contributed by atoms with van der Waals surface area (Å²) in [6, 6.07) is 16.7. The van der Waals surface area contributed by atoms with Gasteiger partial charge in [0.15, 0.2) is 5.78 Å². The lowest BCUT2D eigenvalue weighted by Gasteiger charge is -2.43. The molecule has 4 N–H and O–H groups in total. The first-order chi connectivity index (χ1) is 20.4. The van der Waals surface area contributed by atoms with Crippen molar-refractivity contribution in [1.29, 1.82) is 0 Å². The van der Waals surface area contributed by atoms with E-state index in [-0.39, 0.29) is 31.4 Å². The fourth-order valence-corrected chi connectivity index (χ4v) is 5.01. The van der Waals surface area contributed by atoms with Gasteiger partial charge in [-0.2, -0.15) is 0 Å². The number of nitrogens with one attached hydrogen (secondary N) is 4. The highest BCUT2D eigenvalue weighted by Gasteiger charge is 2.40. The fourth-order valence-electron chi connectivity index (χ4n) is 5.01. The first kappa shape index (κ1) is 30.4. The van der Waals surface area contributed by atoms with Crippen LogP contribution in [-0.2, 0) is 42.3 Å². The SMILES string of the molecule is COC(=O)CCNC(C(=O)NCC1(c2ccccc2)CCC1)C(=O)[C@H](Cc1cnc[nH]1)NC(=O)OCc1ccccc1. The van der Waals surface area contributed by atoms with E-state index in [2.05, 4.69) is 25.9 Å². The zero-order chi connectivity index (χ0) is 29.8. The van der Waals surface area contributed by atoms with Gasteiger partial charge >= 0.3 is 12.1 Å². The third-order valence-electron chi connectivity index (χ3n) is 7.58. The molecule has 0 radical (unpaired) electrons. The van der Waals surface area contributed by atoms with E-state index in [1.165, 1.54) is 19.6 Å². The Labute approximate surface area is 244 Å². The Balaban J connectivity index is 1.48. The van der Waals surface area contributed by atoms with Crippen molar-refractivity contribution in [3.63, 3.8) is 0 Å². The fraction of sp³-hybridized carbons (Fsp3) is 0.387. The Bertz CT molecular complexity index is 1310. The van der Waals surface area contributed by atoms with Crippen molar-refractivity contribution < 1.29 is 28.7 Å². The lowest BCUT2D eigenvalue weighted by Crippen LogP contribution is -2.58. The molecule has 1 aliphatic rings. The number of methoxy groups -OCH3 is 1. The third-order valence-corrected chi connectivity index (χ3v) is 7.58. The van der Waals surface area contributed by atoms with Crippen LogP contribution in [0.2, 0.25) is 0 Å². The van der Waals surface area contributed by atoms with Gasteiger partial charge in [0.25, 0.3) is 0 Å². The molecule has 0 saturated heterocycles. The molecule has 1 aliphatic carbocycles. The summed E-state index contributed by atoms with van der Waals surface area (Å²) < 4.78 is 10.0. The number of aromatic nitrogens is 2. The zero-order valence-electron chi connectivity index (χ0n) is 23.6. The zero-order valence-corrected chi connectivity index (χ0v) is 23.6. The second kappa shape index (κ2) is 14.9. The first-order valence-corrected chi connectivity index (χ1v) is 14.0. The van der Waals surface area contributed by atoms with Gasteiger partial charge in [-0.15, -0.1) is 0 Å². The summed E-state index contributed by atoms with van der Waals surface area (Å²) in [4.78, 5) is 58.9. The highest BCUT2D eigenvalue weighted by molar-refractivity contribution is 6.08. The molecule has 11 nitrogen and oxygen atoms in total. The van der Waals surface area contributed by atoms with E-state index in [4.69, 9.17) is 9.47 Å². The standard InChI is InChI=1S/C31H37N5O6/c1-41-26(37)13-16-33-27(29(39)34-20-31(14-8-15-31)23-11-6-3-7-12-23)28(38)25(17-24-18-32-21-35-24)36-30(40)42-19-22-9-4-2-5-10-22/h2-7,9-12,18,21,25,27,33H,8,13-17,19-20H2,1H3,(H,32,35)(H,34,39)(H,36,40)/t25-,27?/m0/s1. The highest BCUT2D eigenvalue weighted by Crippen LogP contribution is 2.43. The topological polar surface area (TPSA) is 152 Å². The molecular formula is C31H37N5O6. The molecule has 42 heavy (non-hydrogen) atoms. The monoisotopic (exact) mass is 575 g/mol. The summed E-state index contributed by atoms with van der Waals surface area (Å²) in [6.07, 6.45) is 5.09. The van der Waals surface area contributed by atoms with Crippen molar-refractivity contribution in [3.05, 3.63) is 90.0 Å². The van der Waals surface area contributed by atoms with Crippen molar-refractivity contribution in [2.45, 2.75) is 56.2 Å². The number of amides is 2. The molecule has 0 spiro atoms. The molecule has 1 fully saturated rings. The number of nitrogens with zero attached hydrogens (tertiary/aromatic N) is 1. The van der Waals surface area contributed by atoms with Crippen LogP contribution >= 0.6 is 0 Å². The molecular weight excluding hydrogens is 538 g/mol. The largest absolute Gasteiger partial charge is 0.469 e. The number of alkyl carbamates (subject to hydrolysis) is 1. The van der Waals surface area contributed by atoms with Crippen molar-refractivity contribution >= 4 is 23.8 Å². The van der Waals surface area contributed by atoms with Gasteiger partial charge in [-0.25, -0.2) is 9.78 Å². The number of ether oxygens (including phenoxy) is 2. The van der Waals surface area contributed by atoms with Crippen LogP contribution < -0.4 is 16.0 Å². The molecule has 2 amide bonds. The summed E-state index contributed by atoms with van der Waals surface area (Å²) in [7, 11) is 1.27. The Morgan fingerprint density at radius 1 is 1.02 bits per heavy atom. The van der Waals surface area contributed by atoms with Crippen LogP contribution in [0.25, 0.3) is 0 Å². The molecule has 1 heterocycles. The Hall–Kier alpha value is -4.51. The molecule has 0 aliphatic heterocycles. The average Bonchev–Trinajstić information content (AvgIpc) is 3.51. The summed E-state index contributed by atoms with van der Waals surface area (Å²) in [5, 5.41) is 8.50. The van der Waals surface area contributed by atoms with Gasteiger partial charge in [-0.1, -0.05) is 67.1 Å². The molecule has 11 heteroatoms. The van der Waals surface area contributed by atoms with Gasteiger partial charge in [-0.3, -0.25) is 19.7 Å². The highest BCUT2D eigenvalue weighted by atomic mass is 16.5. The van der Waals surface area contributed by atoms with Crippen LogP contribution in [0.4, 0.5) is 4.79 Å². The first-order valence-electron chi connectivity index (χ1n) is 14.0.